The first kappa shape index (κ1) is 10.7. The Morgan fingerprint density at radius 1 is 1.71 bits per heavy atom. The lowest BCUT2D eigenvalue weighted by atomic mass is 10.2. The van der Waals surface area contributed by atoms with Crippen LogP contribution >= 0.6 is 0 Å². The van der Waals surface area contributed by atoms with Crippen molar-refractivity contribution in [2.45, 2.75) is 26.0 Å². The van der Waals surface area contributed by atoms with Gasteiger partial charge in [0.05, 0.1) is 6.33 Å². The van der Waals surface area contributed by atoms with E-state index in [1.807, 2.05) is 4.57 Å². The molecular formula is C9H14N2O3. The minimum absolute atomic E-state index is 0.418. The molecule has 1 N–H and O–H groups in total. The Hall–Kier alpha value is -1.36. The average molecular weight is 198 g/mol. The van der Waals surface area contributed by atoms with Crippen LogP contribution in [-0.4, -0.2) is 33.3 Å². The number of rotatable bonds is 6. The van der Waals surface area contributed by atoms with Crippen LogP contribution in [0.15, 0.2) is 18.7 Å². The number of carboxylic acids is 1. The Balaban J connectivity index is 2.37. The highest BCUT2D eigenvalue weighted by atomic mass is 16.5. The van der Waals surface area contributed by atoms with Crippen LogP contribution in [0.3, 0.4) is 0 Å². The van der Waals surface area contributed by atoms with Gasteiger partial charge in [-0.3, -0.25) is 0 Å². The molecule has 1 unspecified atom stereocenters. The number of hydrogen-bond acceptors (Lipinski definition) is 3. The van der Waals surface area contributed by atoms with Crippen molar-refractivity contribution in [2.75, 3.05) is 6.61 Å². The third-order valence-electron chi connectivity index (χ3n) is 1.85. The van der Waals surface area contributed by atoms with E-state index in [1.54, 1.807) is 25.6 Å². The summed E-state index contributed by atoms with van der Waals surface area (Å²) in [7, 11) is 0. The zero-order chi connectivity index (χ0) is 10.4. The van der Waals surface area contributed by atoms with Crippen molar-refractivity contribution in [3.63, 3.8) is 0 Å². The average Bonchev–Trinajstić information content (AvgIpc) is 2.64. The molecule has 0 aliphatic rings. The van der Waals surface area contributed by atoms with Crippen LogP contribution in [0.2, 0.25) is 0 Å². The number of carboxylic acid groups (broad SMARTS) is 1. The first-order valence-electron chi connectivity index (χ1n) is 4.54. The van der Waals surface area contributed by atoms with Gasteiger partial charge in [-0.1, -0.05) is 0 Å². The maximum Gasteiger partial charge on any atom is 0.332 e. The van der Waals surface area contributed by atoms with Crippen molar-refractivity contribution in [1.82, 2.24) is 9.55 Å². The number of imidazole rings is 1. The number of aromatic nitrogens is 2. The molecule has 1 heterocycles. The quantitative estimate of drug-likeness (QED) is 0.733. The standard InChI is InChI=1S/C9H14N2O3/c1-2-14-8(9(12)13)3-5-11-6-4-10-7-11/h4,6-8H,2-3,5H2,1H3,(H,12,13). The first-order chi connectivity index (χ1) is 6.74. The Morgan fingerprint density at radius 2 is 2.50 bits per heavy atom. The lowest BCUT2D eigenvalue weighted by molar-refractivity contribution is -0.150. The number of nitrogens with zero attached hydrogens (tertiary/aromatic N) is 2. The second-order valence-corrected chi connectivity index (χ2v) is 2.87. The van der Waals surface area contributed by atoms with E-state index in [4.69, 9.17) is 9.84 Å². The normalized spacial score (nSPS) is 12.6. The van der Waals surface area contributed by atoms with Gasteiger partial charge < -0.3 is 14.4 Å². The lowest BCUT2D eigenvalue weighted by Gasteiger charge is -2.11. The van der Waals surface area contributed by atoms with E-state index >= 15 is 0 Å². The van der Waals surface area contributed by atoms with Gasteiger partial charge in [-0.25, -0.2) is 9.78 Å². The van der Waals surface area contributed by atoms with E-state index in [0.29, 0.717) is 19.6 Å². The molecule has 0 aliphatic heterocycles. The fraction of sp³-hybridized carbons (Fsp3) is 0.556. The summed E-state index contributed by atoms with van der Waals surface area (Å²) in [5, 5.41) is 8.78. The summed E-state index contributed by atoms with van der Waals surface area (Å²) in [5.41, 5.74) is 0. The van der Waals surface area contributed by atoms with E-state index in [2.05, 4.69) is 4.98 Å². The van der Waals surface area contributed by atoms with Crippen LogP contribution in [0.4, 0.5) is 0 Å². The first-order valence-corrected chi connectivity index (χ1v) is 4.54. The molecule has 1 rings (SSSR count). The van der Waals surface area contributed by atoms with Gasteiger partial charge in [0.2, 0.25) is 0 Å². The van der Waals surface area contributed by atoms with E-state index in [0.717, 1.165) is 0 Å². The largest absolute Gasteiger partial charge is 0.479 e. The van der Waals surface area contributed by atoms with Crippen molar-refractivity contribution >= 4 is 5.97 Å². The predicted octanol–water partition coefficient (Wildman–Crippen LogP) is 0.763. The van der Waals surface area contributed by atoms with Crippen LogP contribution in [0, 0.1) is 0 Å². The van der Waals surface area contributed by atoms with Crippen LogP contribution in [-0.2, 0) is 16.1 Å². The van der Waals surface area contributed by atoms with Crippen molar-refractivity contribution in [3.05, 3.63) is 18.7 Å². The minimum atomic E-state index is -0.910. The molecular weight excluding hydrogens is 184 g/mol. The maximum atomic E-state index is 10.7. The second kappa shape index (κ2) is 5.39. The molecule has 0 amide bonds. The Morgan fingerprint density at radius 3 is 3.00 bits per heavy atom. The summed E-state index contributed by atoms with van der Waals surface area (Å²) < 4.78 is 6.90. The number of carbonyl (C=O) groups is 1. The summed E-state index contributed by atoms with van der Waals surface area (Å²) >= 11 is 0. The SMILES string of the molecule is CCOC(CCn1ccnc1)C(=O)O. The second-order valence-electron chi connectivity index (χ2n) is 2.87. The summed E-state index contributed by atoms with van der Waals surface area (Å²) in [6, 6.07) is 0. The maximum absolute atomic E-state index is 10.7. The van der Waals surface area contributed by atoms with Crippen molar-refractivity contribution in [1.29, 1.82) is 0 Å². The third kappa shape index (κ3) is 3.18. The molecule has 0 fully saturated rings. The van der Waals surface area contributed by atoms with Crippen molar-refractivity contribution in [3.8, 4) is 0 Å². The Kier molecular flexibility index (Phi) is 4.12. The molecule has 0 aromatic carbocycles. The zero-order valence-electron chi connectivity index (χ0n) is 8.09. The van der Waals surface area contributed by atoms with Crippen molar-refractivity contribution in [2.24, 2.45) is 0 Å². The predicted molar refractivity (Wildman–Crippen MR) is 49.9 cm³/mol. The molecule has 1 aromatic rings. The molecule has 0 saturated heterocycles. The third-order valence-corrected chi connectivity index (χ3v) is 1.85. The highest BCUT2D eigenvalue weighted by Gasteiger charge is 2.16. The van der Waals surface area contributed by atoms with Crippen LogP contribution in [0.1, 0.15) is 13.3 Å². The molecule has 14 heavy (non-hydrogen) atoms. The van der Waals surface area contributed by atoms with Crippen molar-refractivity contribution < 1.29 is 14.6 Å². The summed E-state index contributed by atoms with van der Waals surface area (Å²) in [6.07, 6.45) is 4.86. The van der Waals surface area contributed by atoms with E-state index in [-0.39, 0.29) is 0 Å². The monoisotopic (exact) mass is 198 g/mol. The van der Waals surface area contributed by atoms with E-state index in [1.165, 1.54) is 0 Å². The van der Waals surface area contributed by atoms with Gasteiger partial charge in [0.15, 0.2) is 6.10 Å². The van der Waals surface area contributed by atoms with Gasteiger partial charge in [0.1, 0.15) is 0 Å². The summed E-state index contributed by atoms with van der Waals surface area (Å²) in [6.45, 7) is 2.81. The highest BCUT2D eigenvalue weighted by Crippen LogP contribution is 2.01. The fourth-order valence-corrected chi connectivity index (χ4v) is 1.16. The smallest absolute Gasteiger partial charge is 0.332 e. The molecule has 1 aromatic heterocycles. The Labute approximate surface area is 82.3 Å². The number of aliphatic carboxylic acids is 1. The topological polar surface area (TPSA) is 64.4 Å². The molecule has 1 atom stereocenters. The molecule has 0 aliphatic carbocycles. The summed E-state index contributed by atoms with van der Waals surface area (Å²) in [5.74, 6) is -0.910. The van der Waals surface area contributed by atoms with Crippen LogP contribution in [0.25, 0.3) is 0 Å². The zero-order valence-corrected chi connectivity index (χ0v) is 8.09. The highest BCUT2D eigenvalue weighted by molar-refractivity contribution is 5.72. The van der Waals surface area contributed by atoms with Gasteiger partial charge in [-0.05, 0) is 6.92 Å². The molecule has 0 radical (unpaired) electrons. The molecule has 78 valence electrons. The molecule has 0 saturated carbocycles. The molecule has 0 bridgehead atoms. The van der Waals surface area contributed by atoms with Gasteiger partial charge in [0.25, 0.3) is 0 Å². The van der Waals surface area contributed by atoms with E-state index < -0.39 is 12.1 Å². The van der Waals surface area contributed by atoms with Crippen LogP contribution in [0.5, 0.6) is 0 Å². The van der Waals surface area contributed by atoms with Gasteiger partial charge in [-0.15, -0.1) is 0 Å². The molecule has 5 heteroatoms. The number of aryl methyl sites for hydroxylation is 1. The summed E-state index contributed by atoms with van der Waals surface area (Å²) in [4.78, 5) is 14.6. The molecule has 0 spiro atoms. The minimum Gasteiger partial charge on any atom is -0.479 e. The number of ether oxygens (including phenoxy) is 1. The fourth-order valence-electron chi connectivity index (χ4n) is 1.16. The van der Waals surface area contributed by atoms with Gasteiger partial charge in [-0.2, -0.15) is 0 Å². The Bertz CT molecular complexity index is 272. The van der Waals surface area contributed by atoms with Gasteiger partial charge in [0, 0.05) is 32.0 Å². The van der Waals surface area contributed by atoms with Crippen LogP contribution < -0.4 is 0 Å². The lowest BCUT2D eigenvalue weighted by Crippen LogP contribution is -2.25. The van der Waals surface area contributed by atoms with E-state index in [9.17, 15) is 4.79 Å². The number of hydrogen-bond donors (Lipinski definition) is 1. The molecule has 5 nitrogen and oxygen atoms in total. The van der Waals surface area contributed by atoms with Gasteiger partial charge >= 0.3 is 5.97 Å².